The van der Waals surface area contributed by atoms with E-state index in [1.807, 2.05) is 30.3 Å². The van der Waals surface area contributed by atoms with Gasteiger partial charge in [-0.25, -0.2) is 4.79 Å². The number of para-hydroxylation sites is 2. The summed E-state index contributed by atoms with van der Waals surface area (Å²) in [5.41, 5.74) is 2.36. The van der Waals surface area contributed by atoms with Crippen LogP contribution in [-0.4, -0.2) is 35.4 Å². The number of rotatable bonds is 8. The highest BCUT2D eigenvalue weighted by atomic mass is 32.1. The number of hydrogen-bond acceptors (Lipinski definition) is 6. The van der Waals surface area contributed by atoms with Crippen molar-refractivity contribution in [2.45, 2.75) is 12.5 Å². The monoisotopic (exact) mass is 472 g/mol. The van der Waals surface area contributed by atoms with Crippen molar-refractivity contribution in [3.63, 3.8) is 0 Å². The number of esters is 1. The van der Waals surface area contributed by atoms with Gasteiger partial charge in [-0.2, -0.15) is 5.26 Å². The Bertz CT molecular complexity index is 1370. The number of carbonyl (C=O) groups is 3. The highest BCUT2D eigenvalue weighted by Gasteiger charge is 2.25. The van der Waals surface area contributed by atoms with E-state index < -0.39 is 30.4 Å². The molecule has 1 atom stereocenters. The Labute approximate surface area is 199 Å². The molecule has 2 aromatic heterocycles. The lowest BCUT2D eigenvalue weighted by atomic mass is 10.0. The van der Waals surface area contributed by atoms with E-state index in [4.69, 9.17) is 10.00 Å². The molecule has 3 N–H and O–H groups in total. The lowest BCUT2D eigenvalue weighted by Gasteiger charge is -2.17. The van der Waals surface area contributed by atoms with E-state index in [9.17, 15) is 14.4 Å². The molecule has 0 saturated heterocycles. The number of nitriles is 1. The maximum Gasteiger partial charge on any atom is 0.329 e. The Morgan fingerprint density at radius 3 is 2.65 bits per heavy atom. The molecule has 0 unspecified atom stereocenters. The molecule has 0 fully saturated rings. The van der Waals surface area contributed by atoms with Crippen molar-refractivity contribution in [1.82, 2.24) is 10.3 Å². The number of anilines is 1. The number of H-pyrrole nitrogens is 1. The zero-order chi connectivity index (χ0) is 23.9. The second-order valence-electron chi connectivity index (χ2n) is 7.38. The van der Waals surface area contributed by atoms with E-state index in [1.54, 1.807) is 48.0 Å². The van der Waals surface area contributed by atoms with Crippen molar-refractivity contribution in [2.75, 3.05) is 11.9 Å². The van der Waals surface area contributed by atoms with Crippen LogP contribution in [0, 0.1) is 11.3 Å². The fraction of sp³-hybridized carbons (Fsp3) is 0.120. The summed E-state index contributed by atoms with van der Waals surface area (Å²) in [5.74, 6) is -1.73. The van der Waals surface area contributed by atoms with Crippen molar-refractivity contribution >= 4 is 45.7 Å². The summed E-state index contributed by atoms with van der Waals surface area (Å²) in [6.45, 7) is -0.558. The standard InChI is InChI=1S/C25H20N4O4S/c26-13-16-6-1-3-8-19(16)28-23(30)15-33-25(32)21(29-24(31)22-10-5-11-34-22)12-17-14-27-20-9-4-2-7-18(17)20/h1-11,14,21,27H,12,15H2,(H,28,30)(H,29,31)/t21-/m0/s1. The molecule has 0 aliphatic carbocycles. The first-order chi connectivity index (χ1) is 16.5. The van der Waals surface area contributed by atoms with Gasteiger partial charge in [0.15, 0.2) is 6.61 Å². The van der Waals surface area contributed by atoms with Crippen LogP contribution >= 0.6 is 11.3 Å². The van der Waals surface area contributed by atoms with E-state index in [0.717, 1.165) is 16.5 Å². The van der Waals surface area contributed by atoms with E-state index in [1.165, 1.54) is 11.3 Å². The van der Waals surface area contributed by atoms with Gasteiger partial charge >= 0.3 is 5.97 Å². The fourth-order valence-corrected chi connectivity index (χ4v) is 4.09. The second kappa shape index (κ2) is 10.5. The summed E-state index contributed by atoms with van der Waals surface area (Å²) in [7, 11) is 0. The molecule has 2 aromatic carbocycles. The van der Waals surface area contributed by atoms with Gasteiger partial charge in [0.05, 0.1) is 16.1 Å². The van der Waals surface area contributed by atoms with E-state index >= 15 is 0 Å². The number of nitrogens with one attached hydrogen (secondary N) is 3. The Kier molecular flexibility index (Phi) is 7.01. The number of carbonyl (C=O) groups excluding carboxylic acids is 3. The van der Waals surface area contributed by atoms with Gasteiger partial charge in [0.1, 0.15) is 12.1 Å². The average molecular weight is 473 g/mol. The first kappa shape index (κ1) is 22.8. The minimum absolute atomic E-state index is 0.179. The number of nitrogens with zero attached hydrogens (tertiary/aromatic N) is 1. The van der Waals surface area contributed by atoms with Gasteiger partial charge in [-0.15, -0.1) is 11.3 Å². The fourth-order valence-electron chi connectivity index (χ4n) is 3.46. The maximum atomic E-state index is 12.9. The van der Waals surface area contributed by atoms with Gasteiger partial charge in [-0.05, 0) is 35.2 Å². The van der Waals surface area contributed by atoms with Gasteiger partial charge in [-0.1, -0.05) is 36.4 Å². The Hall–Kier alpha value is -4.42. The van der Waals surface area contributed by atoms with Crippen LogP contribution in [0.1, 0.15) is 20.8 Å². The Balaban J connectivity index is 1.46. The van der Waals surface area contributed by atoms with Gasteiger partial charge in [0.2, 0.25) is 0 Å². The highest BCUT2D eigenvalue weighted by Crippen LogP contribution is 2.20. The van der Waals surface area contributed by atoms with Crippen LogP contribution in [0.4, 0.5) is 5.69 Å². The first-order valence-electron chi connectivity index (χ1n) is 10.4. The predicted molar refractivity (Wildman–Crippen MR) is 128 cm³/mol. The number of fused-ring (bicyclic) bond motifs is 1. The quantitative estimate of drug-likeness (QED) is 0.338. The number of benzene rings is 2. The SMILES string of the molecule is N#Cc1ccccc1NC(=O)COC(=O)[C@H](Cc1c[nH]c2ccccc12)NC(=O)c1cccs1. The molecule has 0 aliphatic rings. The lowest BCUT2D eigenvalue weighted by Crippen LogP contribution is -2.43. The molecule has 170 valence electrons. The summed E-state index contributed by atoms with van der Waals surface area (Å²) in [5, 5.41) is 17.1. The molecule has 2 heterocycles. The molecule has 8 nitrogen and oxygen atoms in total. The summed E-state index contributed by atoms with van der Waals surface area (Å²) in [4.78, 5) is 41.5. The third kappa shape index (κ3) is 5.31. The van der Waals surface area contributed by atoms with Crippen LogP contribution in [-0.2, 0) is 20.7 Å². The molecule has 0 aliphatic heterocycles. The van der Waals surface area contributed by atoms with Crippen LogP contribution in [0.15, 0.2) is 72.2 Å². The zero-order valence-electron chi connectivity index (χ0n) is 17.9. The number of amides is 2. The molecule has 0 saturated carbocycles. The van der Waals surface area contributed by atoms with Crippen LogP contribution in [0.25, 0.3) is 10.9 Å². The minimum atomic E-state index is -1.01. The van der Waals surface area contributed by atoms with E-state index in [-0.39, 0.29) is 6.42 Å². The summed E-state index contributed by atoms with van der Waals surface area (Å²) < 4.78 is 5.24. The molecular weight excluding hydrogens is 452 g/mol. The average Bonchev–Trinajstić information content (AvgIpc) is 3.53. The summed E-state index contributed by atoms with van der Waals surface area (Å²) in [6.07, 6.45) is 1.96. The molecule has 4 rings (SSSR count). The van der Waals surface area contributed by atoms with E-state index in [2.05, 4.69) is 15.6 Å². The van der Waals surface area contributed by atoms with Crippen LogP contribution in [0.5, 0.6) is 0 Å². The molecule has 9 heteroatoms. The second-order valence-corrected chi connectivity index (χ2v) is 8.33. The van der Waals surface area contributed by atoms with Crippen molar-refractivity contribution in [3.05, 3.63) is 88.2 Å². The molecule has 0 bridgehead atoms. The third-order valence-corrected chi connectivity index (χ3v) is 5.97. The molecule has 0 radical (unpaired) electrons. The number of aromatic nitrogens is 1. The number of aromatic amines is 1. The van der Waals surface area contributed by atoms with Gasteiger partial charge in [-0.3, -0.25) is 9.59 Å². The summed E-state index contributed by atoms with van der Waals surface area (Å²) in [6, 6.07) is 18.5. The van der Waals surface area contributed by atoms with E-state index in [0.29, 0.717) is 16.1 Å². The molecular formula is C25H20N4O4S. The van der Waals surface area contributed by atoms with Gasteiger partial charge in [0.25, 0.3) is 11.8 Å². The Morgan fingerprint density at radius 2 is 1.85 bits per heavy atom. The van der Waals surface area contributed by atoms with Crippen molar-refractivity contribution in [2.24, 2.45) is 0 Å². The van der Waals surface area contributed by atoms with Gasteiger partial charge in [0, 0.05) is 23.5 Å². The third-order valence-electron chi connectivity index (χ3n) is 5.10. The largest absolute Gasteiger partial charge is 0.454 e. The normalized spacial score (nSPS) is 11.4. The minimum Gasteiger partial charge on any atom is -0.454 e. The van der Waals surface area contributed by atoms with Crippen molar-refractivity contribution in [3.8, 4) is 6.07 Å². The lowest BCUT2D eigenvalue weighted by molar-refractivity contribution is -0.149. The van der Waals surface area contributed by atoms with Gasteiger partial charge < -0.3 is 20.4 Å². The van der Waals surface area contributed by atoms with Crippen LogP contribution < -0.4 is 10.6 Å². The topological polar surface area (TPSA) is 124 Å². The molecule has 34 heavy (non-hydrogen) atoms. The first-order valence-corrected chi connectivity index (χ1v) is 11.3. The number of ether oxygens (including phenoxy) is 1. The predicted octanol–water partition coefficient (Wildman–Crippen LogP) is 3.62. The number of hydrogen-bond donors (Lipinski definition) is 3. The van der Waals surface area contributed by atoms with Crippen molar-refractivity contribution < 1.29 is 19.1 Å². The Morgan fingerprint density at radius 1 is 1.06 bits per heavy atom. The summed E-state index contributed by atoms with van der Waals surface area (Å²) >= 11 is 1.26. The maximum absolute atomic E-state index is 12.9. The molecule has 2 amide bonds. The zero-order valence-corrected chi connectivity index (χ0v) is 18.7. The van der Waals surface area contributed by atoms with Crippen LogP contribution in [0.2, 0.25) is 0 Å². The van der Waals surface area contributed by atoms with Crippen molar-refractivity contribution in [1.29, 1.82) is 5.26 Å². The van der Waals surface area contributed by atoms with Crippen LogP contribution in [0.3, 0.4) is 0 Å². The molecule has 0 spiro atoms. The smallest absolute Gasteiger partial charge is 0.329 e. The number of thiophene rings is 1. The molecule has 4 aromatic rings. The highest BCUT2D eigenvalue weighted by molar-refractivity contribution is 7.12.